The van der Waals surface area contributed by atoms with Crippen LogP contribution in [-0.4, -0.2) is 36.1 Å². The molecule has 0 atom stereocenters. The highest BCUT2D eigenvalue weighted by Gasteiger charge is 2.18. The molecule has 3 aromatic carbocycles. The number of oxime groups is 2. The number of hydrogen-bond acceptors (Lipinski definition) is 6. The third kappa shape index (κ3) is 3.81. The van der Waals surface area contributed by atoms with E-state index in [1.807, 2.05) is 24.3 Å². The molecule has 0 radical (unpaired) electrons. The van der Waals surface area contributed by atoms with Crippen molar-refractivity contribution in [3.05, 3.63) is 95.1 Å². The van der Waals surface area contributed by atoms with E-state index in [-0.39, 0.29) is 0 Å². The summed E-state index contributed by atoms with van der Waals surface area (Å²) in [6.45, 7) is 0. The van der Waals surface area contributed by atoms with Crippen molar-refractivity contribution in [2.45, 2.75) is 0 Å². The second-order valence-corrected chi connectivity index (χ2v) is 5.90. The number of rotatable bonds is 6. The lowest BCUT2D eigenvalue weighted by Crippen LogP contribution is -2.13. The van der Waals surface area contributed by atoms with Crippen LogP contribution in [0.1, 0.15) is 22.3 Å². The van der Waals surface area contributed by atoms with Gasteiger partial charge in [0.15, 0.2) is 0 Å². The highest BCUT2D eigenvalue weighted by atomic mass is 16.5. The summed E-state index contributed by atoms with van der Waals surface area (Å²) in [5.41, 5.74) is 3.35. The summed E-state index contributed by atoms with van der Waals surface area (Å²) in [5, 5.41) is 26.4. The van der Waals surface area contributed by atoms with Crippen molar-refractivity contribution < 1.29 is 19.9 Å². The predicted octanol–water partition coefficient (Wildman–Crippen LogP) is 4.16. The molecule has 3 aromatic rings. The molecular weight excluding hydrogens is 356 g/mol. The molecule has 0 heterocycles. The van der Waals surface area contributed by atoms with Gasteiger partial charge in [0, 0.05) is 22.3 Å². The normalized spacial score (nSPS) is 11.9. The van der Waals surface area contributed by atoms with Gasteiger partial charge in [-0.3, -0.25) is 0 Å². The van der Waals surface area contributed by atoms with Crippen LogP contribution < -0.4 is 9.47 Å². The van der Waals surface area contributed by atoms with Crippen molar-refractivity contribution in [1.29, 1.82) is 0 Å². The van der Waals surface area contributed by atoms with E-state index in [9.17, 15) is 10.4 Å². The van der Waals surface area contributed by atoms with Crippen molar-refractivity contribution in [2.75, 3.05) is 14.2 Å². The first-order valence-electron chi connectivity index (χ1n) is 8.54. The van der Waals surface area contributed by atoms with E-state index in [1.165, 1.54) is 0 Å². The molecule has 142 valence electrons. The molecule has 0 unspecified atom stereocenters. The molecule has 0 amide bonds. The first-order valence-corrected chi connectivity index (χ1v) is 8.54. The molecule has 0 aliphatic rings. The minimum Gasteiger partial charge on any atom is -0.497 e. The third-order valence-electron chi connectivity index (χ3n) is 4.36. The highest BCUT2D eigenvalue weighted by Crippen LogP contribution is 2.22. The fraction of sp³-hybridized carbons (Fsp3) is 0.0909. The maximum absolute atomic E-state index is 9.72. The smallest absolute Gasteiger partial charge is 0.118 e. The molecule has 0 spiro atoms. The van der Waals surface area contributed by atoms with E-state index >= 15 is 0 Å². The Morgan fingerprint density at radius 2 is 0.964 bits per heavy atom. The minimum absolute atomic E-state index is 0.355. The molecule has 0 saturated carbocycles. The fourth-order valence-corrected chi connectivity index (χ4v) is 2.93. The second-order valence-electron chi connectivity index (χ2n) is 5.90. The van der Waals surface area contributed by atoms with Crippen molar-refractivity contribution in [2.24, 2.45) is 10.3 Å². The first-order chi connectivity index (χ1) is 13.7. The van der Waals surface area contributed by atoms with Crippen LogP contribution in [0.15, 0.2) is 83.1 Å². The molecule has 3 rings (SSSR count). The van der Waals surface area contributed by atoms with Gasteiger partial charge >= 0.3 is 0 Å². The van der Waals surface area contributed by atoms with Crippen molar-refractivity contribution in [3.63, 3.8) is 0 Å². The van der Waals surface area contributed by atoms with E-state index in [0.717, 1.165) is 0 Å². The van der Waals surface area contributed by atoms with Crippen LogP contribution in [0.4, 0.5) is 0 Å². The zero-order valence-corrected chi connectivity index (χ0v) is 15.5. The average Bonchev–Trinajstić information content (AvgIpc) is 2.77. The number of hydrogen-bond donors (Lipinski definition) is 2. The summed E-state index contributed by atoms with van der Waals surface area (Å²) in [5.74, 6) is 1.40. The lowest BCUT2D eigenvalue weighted by atomic mass is 9.92. The lowest BCUT2D eigenvalue weighted by molar-refractivity contribution is 0.318. The Kier molecular flexibility index (Phi) is 5.91. The van der Waals surface area contributed by atoms with Crippen molar-refractivity contribution in [3.8, 4) is 11.5 Å². The van der Waals surface area contributed by atoms with Crippen LogP contribution in [0.3, 0.4) is 0 Å². The van der Waals surface area contributed by atoms with E-state index in [1.54, 1.807) is 62.8 Å². The SMILES string of the molecule is COc1ccc(/C(=N/O)c2ccccc2/C(=N/O)c2ccc(OC)cc2)cc1. The molecular formula is C22H20N2O4. The van der Waals surface area contributed by atoms with Crippen LogP contribution in [0, 0.1) is 0 Å². The number of ether oxygens (including phenoxy) is 2. The van der Waals surface area contributed by atoms with Crippen LogP contribution in [-0.2, 0) is 0 Å². The van der Waals surface area contributed by atoms with Gasteiger partial charge in [0.05, 0.1) is 14.2 Å². The van der Waals surface area contributed by atoms with E-state index < -0.39 is 0 Å². The second kappa shape index (κ2) is 8.73. The zero-order valence-electron chi connectivity index (χ0n) is 15.5. The van der Waals surface area contributed by atoms with Crippen molar-refractivity contribution >= 4 is 11.4 Å². The van der Waals surface area contributed by atoms with Gasteiger partial charge in [-0.2, -0.15) is 0 Å². The van der Waals surface area contributed by atoms with Crippen LogP contribution in [0.2, 0.25) is 0 Å². The lowest BCUT2D eigenvalue weighted by Gasteiger charge is -2.13. The Hall–Kier alpha value is -3.80. The Bertz CT molecular complexity index is 911. The molecule has 6 nitrogen and oxygen atoms in total. The largest absolute Gasteiger partial charge is 0.497 e. The molecule has 2 N–H and O–H groups in total. The third-order valence-corrected chi connectivity index (χ3v) is 4.36. The van der Waals surface area contributed by atoms with E-state index in [4.69, 9.17) is 9.47 Å². The average molecular weight is 376 g/mol. The van der Waals surface area contributed by atoms with Crippen LogP contribution >= 0.6 is 0 Å². The topological polar surface area (TPSA) is 83.6 Å². The Morgan fingerprint density at radius 1 is 0.607 bits per heavy atom. The molecule has 6 heteroatoms. The van der Waals surface area contributed by atoms with E-state index in [2.05, 4.69) is 10.3 Å². The Labute approximate surface area is 163 Å². The van der Waals surface area contributed by atoms with Gasteiger partial charge in [0.25, 0.3) is 0 Å². The van der Waals surface area contributed by atoms with Gasteiger partial charge in [-0.1, -0.05) is 34.6 Å². The standard InChI is InChI=1S/C22H20N2O4/c1-27-17-11-7-15(8-12-17)21(23-25)19-5-3-4-6-20(19)22(24-26)16-9-13-18(28-2)14-10-16/h3-14,25-26H,1-2H3/b23-21-,24-22+. The molecule has 28 heavy (non-hydrogen) atoms. The van der Waals surface area contributed by atoms with Gasteiger partial charge in [-0.05, 0) is 48.5 Å². The van der Waals surface area contributed by atoms with Gasteiger partial charge in [0.1, 0.15) is 22.9 Å². The number of methoxy groups -OCH3 is 2. The molecule has 0 aromatic heterocycles. The van der Waals surface area contributed by atoms with Gasteiger partial charge in [0.2, 0.25) is 0 Å². The first kappa shape index (κ1) is 19.0. The Morgan fingerprint density at radius 3 is 1.25 bits per heavy atom. The maximum Gasteiger partial charge on any atom is 0.118 e. The summed E-state index contributed by atoms with van der Waals surface area (Å²) in [6, 6.07) is 21.6. The molecule has 0 aliphatic carbocycles. The summed E-state index contributed by atoms with van der Waals surface area (Å²) in [7, 11) is 3.17. The summed E-state index contributed by atoms with van der Waals surface area (Å²) in [6.07, 6.45) is 0. The summed E-state index contributed by atoms with van der Waals surface area (Å²) >= 11 is 0. The molecule has 0 fully saturated rings. The Balaban J connectivity index is 2.07. The van der Waals surface area contributed by atoms with Crippen LogP contribution in [0.5, 0.6) is 11.5 Å². The summed E-state index contributed by atoms with van der Waals surface area (Å²) in [4.78, 5) is 0. The molecule has 0 saturated heterocycles. The monoisotopic (exact) mass is 376 g/mol. The zero-order chi connectivity index (χ0) is 19.9. The number of benzene rings is 3. The fourth-order valence-electron chi connectivity index (χ4n) is 2.93. The maximum atomic E-state index is 9.72. The van der Waals surface area contributed by atoms with Gasteiger partial charge < -0.3 is 19.9 Å². The van der Waals surface area contributed by atoms with E-state index in [0.29, 0.717) is 45.2 Å². The van der Waals surface area contributed by atoms with Gasteiger partial charge in [-0.15, -0.1) is 0 Å². The molecule has 0 bridgehead atoms. The van der Waals surface area contributed by atoms with Crippen LogP contribution in [0.25, 0.3) is 0 Å². The molecule has 0 aliphatic heterocycles. The highest BCUT2D eigenvalue weighted by molar-refractivity contribution is 6.22. The number of nitrogens with zero attached hydrogens (tertiary/aromatic N) is 2. The van der Waals surface area contributed by atoms with Gasteiger partial charge in [-0.25, -0.2) is 0 Å². The minimum atomic E-state index is 0.355. The predicted molar refractivity (Wildman–Crippen MR) is 107 cm³/mol. The quantitative estimate of drug-likeness (QED) is 0.384. The summed E-state index contributed by atoms with van der Waals surface area (Å²) < 4.78 is 10.4. The van der Waals surface area contributed by atoms with Crippen molar-refractivity contribution in [1.82, 2.24) is 0 Å².